The molecule has 0 radical (unpaired) electrons. The highest BCUT2D eigenvalue weighted by molar-refractivity contribution is 6.18. The second kappa shape index (κ2) is 6.35. The zero-order valence-electron chi connectivity index (χ0n) is 13.4. The second-order valence-electron chi connectivity index (χ2n) is 6.49. The first kappa shape index (κ1) is 16.1. The molecular weight excluding hydrogens is 304 g/mol. The first-order chi connectivity index (χ1) is 11.1. The standard InChI is InChI=1S/C20H21ClN2/c1-19(15-22)14-20(16-23(19)13-12-21,17-8-4-2-5-9-17)18-10-6-3-7-11-18/h2-11H,12-14,16H2,1H3. The number of benzene rings is 2. The number of rotatable bonds is 4. The molecule has 0 saturated carbocycles. The molecule has 2 aromatic carbocycles. The average Bonchev–Trinajstić information content (AvgIpc) is 2.92. The first-order valence-corrected chi connectivity index (χ1v) is 8.51. The van der Waals surface area contributed by atoms with Gasteiger partial charge in [-0.05, 0) is 24.5 Å². The van der Waals surface area contributed by atoms with Crippen molar-refractivity contribution in [3.05, 3.63) is 71.8 Å². The summed E-state index contributed by atoms with van der Waals surface area (Å²) in [5.74, 6) is 0.539. The van der Waals surface area contributed by atoms with Gasteiger partial charge in [-0.25, -0.2) is 0 Å². The van der Waals surface area contributed by atoms with Crippen molar-refractivity contribution < 1.29 is 0 Å². The Morgan fingerprint density at radius 3 is 2.00 bits per heavy atom. The molecule has 1 atom stereocenters. The van der Waals surface area contributed by atoms with E-state index in [4.69, 9.17) is 11.6 Å². The Kier molecular flexibility index (Phi) is 4.43. The lowest BCUT2D eigenvalue weighted by molar-refractivity contribution is 0.221. The summed E-state index contributed by atoms with van der Waals surface area (Å²) in [6.45, 7) is 3.58. The lowest BCUT2D eigenvalue weighted by Gasteiger charge is -2.30. The van der Waals surface area contributed by atoms with Crippen LogP contribution < -0.4 is 0 Å². The van der Waals surface area contributed by atoms with E-state index in [0.29, 0.717) is 5.88 Å². The highest BCUT2D eigenvalue weighted by atomic mass is 35.5. The average molecular weight is 325 g/mol. The largest absolute Gasteiger partial charge is 0.283 e. The molecule has 2 aromatic rings. The second-order valence-corrected chi connectivity index (χ2v) is 6.87. The van der Waals surface area contributed by atoms with Crippen molar-refractivity contribution in [2.45, 2.75) is 24.3 Å². The Morgan fingerprint density at radius 1 is 1.04 bits per heavy atom. The maximum Gasteiger partial charge on any atom is 0.107 e. The maximum absolute atomic E-state index is 9.81. The summed E-state index contributed by atoms with van der Waals surface area (Å²) in [5, 5.41) is 9.81. The smallest absolute Gasteiger partial charge is 0.107 e. The molecule has 0 N–H and O–H groups in total. The summed E-state index contributed by atoms with van der Waals surface area (Å²) in [7, 11) is 0. The molecule has 2 nitrogen and oxygen atoms in total. The lowest BCUT2D eigenvalue weighted by Crippen LogP contribution is -2.40. The van der Waals surface area contributed by atoms with Crippen molar-refractivity contribution in [2.75, 3.05) is 19.0 Å². The summed E-state index contributed by atoms with van der Waals surface area (Å²) in [6.07, 6.45) is 0.779. The van der Waals surface area contributed by atoms with Crippen molar-refractivity contribution in [3.8, 4) is 6.07 Å². The molecule has 0 amide bonds. The number of hydrogen-bond donors (Lipinski definition) is 0. The van der Waals surface area contributed by atoms with Gasteiger partial charge in [-0.1, -0.05) is 60.7 Å². The third kappa shape index (κ3) is 2.76. The van der Waals surface area contributed by atoms with Gasteiger partial charge >= 0.3 is 0 Å². The van der Waals surface area contributed by atoms with Crippen LogP contribution in [0.1, 0.15) is 24.5 Å². The maximum atomic E-state index is 9.81. The monoisotopic (exact) mass is 324 g/mol. The Hall–Kier alpha value is -1.82. The predicted octanol–water partition coefficient (Wildman–Crippen LogP) is 4.20. The highest BCUT2D eigenvalue weighted by Crippen LogP contribution is 2.47. The number of hydrogen-bond acceptors (Lipinski definition) is 2. The van der Waals surface area contributed by atoms with E-state index in [2.05, 4.69) is 59.5 Å². The topological polar surface area (TPSA) is 27.0 Å². The van der Waals surface area contributed by atoms with Gasteiger partial charge in [0.25, 0.3) is 0 Å². The van der Waals surface area contributed by atoms with Crippen LogP contribution in [0.5, 0.6) is 0 Å². The van der Waals surface area contributed by atoms with E-state index >= 15 is 0 Å². The Labute approximate surface area is 143 Å². The van der Waals surface area contributed by atoms with Crippen molar-refractivity contribution >= 4 is 11.6 Å². The molecule has 1 heterocycles. The molecule has 0 bridgehead atoms. The van der Waals surface area contributed by atoms with Crippen LogP contribution >= 0.6 is 11.6 Å². The molecule has 118 valence electrons. The summed E-state index contributed by atoms with van der Waals surface area (Å²) < 4.78 is 0. The molecule has 1 aliphatic rings. The number of halogens is 1. The minimum atomic E-state index is -0.499. The van der Waals surface area contributed by atoms with Gasteiger partial charge in [0.05, 0.1) is 6.07 Å². The van der Waals surface area contributed by atoms with Crippen LogP contribution in [0.2, 0.25) is 0 Å². The van der Waals surface area contributed by atoms with E-state index in [9.17, 15) is 5.26 Å². The number of alkyl halides is 1. The zero-order chi connectivity index (χ0) is 16.3. The van der Waals surface area contributed by atoms with Gasteiger partial charge < -0.3 is 0 Å². The van der Waals surface area contributed by atoms with Crippen molar-refractivity contribution in [1.29, 1.82) is 5.26 Å². The molecule has 1 fully saturated rings. The fourth-order valence-electron chi connectivity index (χ4n) is 3.86. The van der Waals surface area contributed by atoms with Crippen molar-refractivity contribution in [2.24, 2.45) is 0 Å². The van der Waals surface area contributed by atoms with E-state index in [0.717, 1.165) is 19.5 Å². The van der Waals surface area contributed by atoms with Gasteiger partial charge in [-0.2, -0.15) is 5.26 Å². The van der Waals surface area contributed by atoms with Crippen LogP contribution in [-0.4, -0.2) is 29.4 Å². The fourth-order valence-corrected chi connectivity index (χ4v) is 4.07. The summed E-state index contributed by atoms with van der Waals surface area (Å²) in [4.78, 5) is 2.24. The van der Waals surface area contributed by atoms with Gasteiger partial charge in [0.1, 0.15) is 5.54 Å². The minimum Gasteiger partial charge on any atom is -0.283 e. The van der Waals surface area contributed by atoms with Crippen molar-refractivity contribution in [1.82, 2.24) is 4.90 Å². The normalized spacial score (nSPS) is 23.5. The summed E-state index contributed by atoms with van der Waals surface area (Å²) in [5.41, 5.74) is 1.87. The zero-order valence-corrected chi connectivity index (χ0v) is 14.1. The molecular formula is C20H21ClN2. The van der Waals surface area contributed by atoms with Crippen LogP contribution in [0.15, 0.2) is 60.7 Å². The third-order valence-corrected chi connectivity index (χ3v) is 5.22. The molecule has 23 heavy (non-hydrogen) atoms. The Bertz CT molecular complexity index is 653. The van der Waals surface area contributed by atoms with E-state index in [1.165, 1.54) is 11.1 Å². The van der Waals surface area contributed by atoms with E-state index < -0.39 is 5.54 Å². The first-order valence-electron chi connectivity index (χ1n) is 7.98. The molecule has 1 unspecified atom stereocenters. The molecule has 3 rings (SSSR count). The molecule has 1 aliphatic heterocycles. The lowest BCUT2D eigenvalue weighted by atomic mass is 9.71. The van der Waals surface area contributed by atoms with E-state index in [1.54, 1.807) is 0 Å². The molecule has 0 aliphatic carbocycles. The molecule has 1 saturated heterocycles. The molecule has 3 heteroatoms. The fraction of sp³-hybridized carbons (Fsp3) is 0.350. The summed E-state index contributed by atoms with van der Waals surface area (Å²) in [6, 6.07) is 23.6. The minimum absolute atomic E-state index is 0.168. The SMILES string of the molecule is CC1(C#N)CC(c2ccccc2)(c2ccccc2)CN1CCCl. The van der Waals surface area contributed by atoms with Crippen LogP contribution in [0.4, 0.5) is 0 Å². The van der Waals surface area contributed by atoms with Gasteiger partial charge in [-0.15, -0.1) is 11.6 Å². The number of nitrogens with zero attached hydrogens (tertiary/aromatic N) is 2. The van der Waals surface area contributed by atoms with E-state index in [-0.39, 0.29) is 5.41 Å². The highest BCUT2D eigenvalue weighted by Gasteiger charge is 2.52. The van der Waals surface area contributed by atoms with Gasteiger partial charge in [0.2, 0.25) is 0 Å². The predicted molar refractivity (Wildman–Crippen MR) is 94.6 cm³/mol. The third-order valence-electron chi connectivity index (χ3n) is 5.05. The quantitative estimate of drug-likeness (QED) is 0.788. The summed E-state index contributed by atoms with van der Waals surface area (Å²) >= 11 is 6.00. The van der Waals surface area contributed by atoms with Gasteiger partial charge in [0.15, 0.2) is 0 Å². The van der Waals surface area contributed by atoms with Crippen molar-refractivity contribution in [3.63, 3.8) is 0 Å². The van der Waals surface area contributed by atoms with Crippen LogP contribution in [-0.2, 0) is 5.41 Å². The number of likely N-dealkylation sites (tertiary alicyclic amines) is 1. The molecule has 0 spiro atoms. The molecule has 0 aromatic heterocycles. The van der Waals surface area contributed by atoms with Crippen LogP contribution in [0.25, 0.3) is 0 Å². The van der Waals surface area contributed by atoms with E-state index in [1.807, 2.05) is 19.1 Å². The Balaban J connectivity index is 2.14. The van der Waals surface area contributed by atoms with Crippen LogP contribution in [0, 0.1) is 11.3 Å². The number of nitriles is 1. The van der Waals surface area contributed by atoms with Crippen LogP contribution in [0.3, 0.4) is 0 Å². The Morgan fingerprint density at radius 2 is 1.57 bits per heavy atom. The van der Waals surface area contributed by atoms with Gasteiger partial charge in [0, 0.05) is 24.4 Å². The van der Waals surface area contributed by atoms with Gasteiger partial charge in [-0.3, -0.25) is 4.90 Å².